The number of benzene rings is 1. The lowest BCUT2D eigenvalue weighted by Crippen LogP contribution is -2.38. The molecule has 0 unspecified atom stereocenters. The van der Waals surface area contributed by atoms with Gasteiger partial charge in [0.25, 0.3) is 0 Å². The third-order valence-electron chi connectivity index (χ3n) is 2.89. The van der Waals surface area contributed by atoms with E-state index in [0.717, 1.165) is 17.9 Å². The highest BCUT2D eigenvalue weighted by atomic mass is 16.6. The standard InChI is InChI=1S/C12H13NO3/c14-12-4-2-8-1-3-9(5-11(8)13-12)16-10-6-15-7-10/h1,3,5,10H,2,4,6-7H2,(H,13,14). The van der Waals surface area contributed by atoms with Gasteiger partial charge in [-0.25, -0.2) is 0 Å². The predicted molar refractivity (Wildman–Crippen MR) is 58.6 cm³/mol. The lowest BCUT2D eigenvalue weighted by atomic mass is 10.0. The van der Waals surface area contributed by atoms with Gasteiger partial charge in [0.2, 0.25) is 5.91 Å². The number of hydrogen-bond donors (Lipinski definition) is 1. The normalized spacial score (nSPS) is 19.6. The minimum Gasteiger partial charge on any atom is -0.486 e. The van der Waals surface area contributed by atoms with Crippen LogP contribution >= 0.6 is 0 Å². The second kappa shape index (κ2) is 3.79. The van der Waals surface area contributed by atoms with Crippen molar-refractivity contribution in [3.8, 4) is 5.75 Å². The fourth-order valence-electron chi connectivity index (χ4n) is 1.90. The molecule has 16 heavy (non-hydrogen) atoms. The molecule has 1 N–H and O–H groups in total. The van der Waals surface area contributed by atoms with Crippen LogP contribution < -0.4 is 10.1 Å². The zero-order valence-electron chi connectivity index (χ0n) is 8.86. The van der Waals surface area contributed by atoms with E-state index in [1.54, 1.807) is 0 Å². The number of nitrogens with one attached hydrogen (secondary N) is 1. The Morgan fingerprint density at radius 3 is 2.94 bits per heavy atom. The summed E-state index contributed by atoms with van der Waals surface area (Å²) in [6.45, 7) is 1.31. The second-order valence-electron chi connectivity index (χ2n) is 4.14. The number of carbonyl (C=O) groups is 1. The van der Waals surface area contributed by atoms with E-state index in [4.69, 9.17) is 9.47 Å². The van der Waals surface area contributed by atoms with Crippen molar-refractivity contribution < 1.29 is 14.3 Å². The summed E-state index contributed by atoms with van der Waals surface area (Å²) in [4.78, 5) is 11.3. The Morgan fingerprint density at radius 1 is 1.31 bits per heavy atom. The molecule has 0 spiro atoms. The van der Waals surface area contributed by atoms with Crippen LogP contribution in [0.2, 0.25) is 0 Å². The van der Waals surface area contributed by atoms with E-state index in [2.05, 4.69) is 5.32 Å². The third kappa shape index (κ3) is 1.76. The molecule has 0 radical (unpaired) electrons. The molecular formula is C12H13NO3. The quantitative estimate of drug-likeness (QED) is 0.816. The van der Waals surface area contributed by atoms with Gasteiger partial charge in [-0.3, -0.25) is 4.79 Å². The van der Waals surface area contributed by atoms with Gasteiger partial charge >= 0.3 is 0 Å². The third-order valence-corrected chi connectivity index (χ3v) is 2.89. The molecule has 0 aliphatic carbocycles. The van der Waals surface area contributed by atoms with Gasteiger partial charge in [0.05, 0.1) is 13.2 Å². The van der Waals surface area contributed by atoms with Gasteiger partial charge in [-0.15, -0.1) is 0 Å². The number of aryl methyl sites for hydroxylation is 1. The molecule has 0 bridgehead atoms. The Bertz CT molecular complexity index is 426. The van der Waals surface area contributed by atoms with Crippen LogP contribution in [-0.2, 0) is 16.0 Å². The summed E-state index contributed by atoms with van der Waals surface area (Å²) in [5, 5.41) is 2.86. The van der Waals surface area contributed by atoms with Gasteiger partial charge in [-0.2, -0.15) is 0 Å². The minimum atomic E-state index is 0.0802. The number of ether oxygens (including phenoxy) is 2. The van der Waals surface area contributed by atoms with E-state index in [9.17, 15) is 4.79 Å². The van der Waals surface area contributed by atoms with Crippen molar-refractivity contribution in [2.24, 2.45) is 0 Å². The molecule has 1 saturated heterocycles. The van der Waals surface area contributed by atoms with Gasteiger partial charge < -0.3 is 14.8 Å². The first-order valence-corrected chi connectivity index (χ1v) is 5.48. The largest absolute Gasteiger partial charge is 0.486 e. The van der Waals surface area contributed by atoms with Crippen LogP contribution in [0.25, 0.3) is 0 Å². The van der Waals surface area contributed by atoms with Crippen LogP contribution in [0.5, 0.6) is 5.75 Å². The zero-order valence-corrected chi connectivity index (χ0v) is 8.86. The molecular weight excluding hydrogens is 206 g/mol. The second-order valence-corrected chi connectivity index (χ2v) is 4.14. The summed E-state index contributed by atoms with van der Waals surface area (Å²) in [6, 6.07) is 5.86. The molecule has 2 aliphatic heterocycles. The number of rotatable bonds is 2. The highest BCUT2D eigenvalue weighted by Crippen LogP contribution is 2.28. The highest BCUT2D eigenvalue weighted by Gasteiger charge is 2.21. The fraction of sp³-hybridized carbons (Fsp3) is 0.417. The molecule has 1 aromatic carbocycles. The van der Waals surface area contributed by atoms with E-state index >= 15 is 0 Å². The summed E-state index contributed by atoms with van der Waals surface area (Å²) < 4.78 is 10.7. The molecule has 3 rings (SSSR count). The molecule has 1 aromatic rings. The summed E-state index contributed by atoms with van der Waals surface area (Å²) in [5.41, 5.74) is 2.06. The SMILES string of the molecule is O=C1CCc2ccc(OC3COC3)cc2N1. The number of carbonyl (C=O) groups excluding carboxylic acids is 1. The molecule has 2 aliphatic rings. The Hall–Kier alpha value is -1.55. The Kier molecular flexibility index (Phi) is 2.29. The van der Waals surface area contributed by atoms with Crippen molar-refractivity contribution in [2.75, 3.05) is 18.5 Å². The summed E-state index contributed by atoms with van der Waals surface area (Å²) in [6.07, 6.45) is 1.55. The van der Waals surface area contributed by atoms with E-state index in [1.165, 1.54) is 5.56 Å². The van der Waals surface area contributed by atoms with Crippen molar-refractivity contribution in [1.82, 2.24) is 0 Å². The fourth-order valence-corrected chi connectivity index (χ4v) is 1.90. The maximum Gasteiger partial charge on any atom is 0.224 e. The van der Waals surface area contributed by atoms with E-state index in [0.29, 0.717) is 19.6 Å². The van der Waals surface area contributed by atoms with E-state index in [1.807, 2.05) is 18.2 Å². The monoisotopic (exact) mass is 219 g/mol. The Morgan fingerprint density at radius 2 is 2.19 bits per heavy atom. The number of fused-ring (bicyclic) bond motifs is 1. The van der Waals surface area contributed by atoms with Crippen LogP contribution in [0.3, 0.4) is 0 Å². The number of amides is 1. The molecule has 4 nitrogen and oxygen atoms in total. The van der Waals surface area contributed by atoms with Gasteiger partial charge in [0.1, 0.15) is 11.9 Å². The first-order valence-electron chi connectivity index (χ1n) is 5.48. The highest BCUT2D eigenvalue weighted by molar-refractivity contribution is 5.94. The molecule has 0 aromatic heterocycles. The van der Waals surface area contributed by atoms with Crippen LogP contribution in [-0.4, -0.2) is 25.2 Å². The van der Waals surface area contributed by atoms with Crippen molar-refractivity contribution in [3.63, 3.8) is 0 Å². The predicted octanol–water partition coefficient (Wildman–Crippen LogP) is 1.35. The molecule has 2 heterocycles. The van der Waals surface area contributed by atoms with Crippen molar-refractivity contribution in [2.45, 2.75) is 18.9 Å². The summed E-state index contributed by atoms with van der Waals surface area (Å²) in [7, 11) is 0. The summed E-state index contributed by atoms with van der Waals surface area (Å²) in [5.74, 6) is 0.880. The van der Waals surface area contributed by atoms with Gasteiger partial charge in [0.15, 0.2) is 0 Å². The smallest absolute Gasteiger partial charge is 0.224 e. The van der Waals surface area contributed by atoms with Gasteiger partial charge in [0, 0.05) is 18.2 Å². The van der Waals surface area contributed by atoms with Crippen LogP contribution in [0, 0.1) is 0 Å². The first kappa shape index (κ1) is 9.66. The van der Waals surface area contributed by atoms with Crippen LogP contribution in [0.1, 0.15) is 12.0 Å². The number of anilines is 1. The van der Waals surface area contributed by atoms with Crippen LogP contribution in [0.15, 0.2) is 18.2 Å². The Labute approximate surface area is 93.5 Å². The lowest BCUT2D eigenvalue weighted by molar-refractivity contribution is -0.116. The molecule has 0 atom stereocenters. The maximum atomic E-state index is 11.3. The average Bonchev–Trinajstić information content (AvgIpc) is 2.23. The minimum absolute atomic E-state index is 0.0802. The maximum absolute atomic E-state index is 11.3. The molecule has 0 saturated carbocycles. The molecule has 1 fully saturated rings. The lowest BCUT2D eigenvalue weighted by Gasteiger charge is -2.27. The summed E-state index contributed by atoms with van der Waals surface area (Å²) >= 11 is 0. The topological polar surface area (TPSA) is 47.6 Å². The number of hydrogen-bond acceptors (Lipinski definition) is 3. The van der Waals surface area contributed by atoms with Crippen molar-refractivity contribution >= 4 is 11.6 Å². The van der Waals surface area contributed by atoms with Gasteiger partial charge in [-0.05, 0) is 18.1 Å². The average molecular weight is 219 g/mol. The van der Waals surface area contributed by atoms with E-state index in [-0.39, 0.29) is 12.0 Å². The van der Waals surface area contributed by atoms with Crippen molar-refractivity contribution in [1.29, 1.82) is 0 Å². The molecule has 1 amide bonds. The molecule has 4 heteroatoms. The Balaban J connectivity index is 1.80. The zero-order chi connectivity index (χ0) is 11.0. The van der Waals surface area contributed by atoms with Crippen LogP contribution in [0.4, 0.5) is 5.69 Å². The van der Waals surface area contributed by atoms with Gasteiger partial charge in [-0.1, -0.05) is 6.07 Å². The van der Waals surface area contributed by atoms with Crippen molar-refractivity contribution in [3.05, 3.63) is 23.8 Å². The van der Waals surface area contributed by atoms with E-state index < -0.39 is 0 Å². The molecule has 84 valence electrons. The first-order chi connectivity index (χ1) is 7.81.